The molecule has 1 saturated heterocycles. The van der Waals surface area contributed by atoms with Gasteiger partial charge in [-0.15, -0.1) is 0 Å². The van der Waals surface area contributed by atoms with Crippen LogP contribution in [-0.2, 0) is 23.9 Å². The Morgan fingerprint density at radius 3 is 2.77 bits per heavy atom. The van der Waals surface area contributed by atoms with Gasteiger partial charge in [0.1, 0.15) is 11.4 Å². The number of aromatic nitrogens is 2. The van der Waals surface area contributed by atoms with Crippen LogP contribution in [-0.4, -0.2) is 57.2 Å². The minimum absolute atomic E-state index is 0.0561. The second-order valence-corrected chi connectivity index (χ2v) is 9.80. The third-order valence-corrected chi connectivity index (χ3v) is 6.14. The van der Waals surface area contributed by atoms with Gasteiger partial charge in [0.05, 0.1) is 12.0 Å². The Balaban J connectivity index is 1.48. The predicted octanol–water partition coefficient (Wildman–Crippen LogP) is 3.45. The topological polar surface area (TPSA) is 102 Å². The van der Waals surface area contributed by atoms with E-state index in [-0.39, 0.29) is 30.1 Å². The number of alkyl halides is 3. The van der Waals surface area contributed by atoms with Crippen molar-refractivity contribution in [1.29, 1.82) is 0 Å². The second kappa shape index (κ2) is 9.98. The monoisotopic (exact) mass is 492 g/mol. The van der Waals surface area contributed by atoms with Crippen LogP contribution < -0.4 is 16.0 Å². The molecule has 0 bridgehead atoms. The zero-order valence-electron chi connectivity index (χ0n) is 19.9. The van der Waals surface area contributed by atoms with E-state index in [2.05, 4.69) is 25.9 Å². The smallest absolute Gasteiger partial charge is 0.390 e. The van der Waals surface area contributed by atoms with Gasteiger partial charge in [0.15, 0.2) is 0 Å². The molecule has 1 atom stereocenters. The highest BCUT2D eigenvalue weighted by molar-refractivity contribution is 5.77. The molecule has 0 saturated carbocycles. The molecule has 0 spiro atoms. The van der Waals surface area contributed by atoms with Gasteiger partial charge in [0.25, 0.3) is 0 Å². The van der Waals surface area contributed by atoms with Gasteiger partial charge in [-0.1, -0.05) is 6.07 Å². The Labute approximate surface area is 202 Å². The van der Waals surface area contributed by atoms with Crippen molar-refractivity contribution in [2.24, 2.45) is 0 Å². The van der Waals surface area contributed by atoms with Gasteiger partial charge in [0.2, 0.25) is 11.9 Å². The first-order chi connectivity index (χ1) is 16.5. The van der Waals surface area contributed by atoms with Crippen LogP contribution in [0.5, 0.6) is 0 Å². The third-order valence-electron chi connectivity index (χ3n) is 6.14. The Kier molecular flexibility index (Phi) is 7.18. The molecule has 190 valence electrons. The lowest BCUT2D eigenvalue weighted by molar-refractivity contribution is -0.137. The van der Waals surface area contributed by atoms with Crippen LogP contribution in [0.4, 0.5) is 30.6 Å². The predicted molar refractivity (Wildman–Crippen MR) is 126 cm³/mol. The van der Waals surface area contributed by atoms with Crippen LogP contribution in [0.25, 0.3) is 0 Å². The molecule has 1 amide bonds. The van der Waals surface area contributed by atoms with E-state index in [1.807, 2.05) is 12.1 Å². The lowest BCUT2D eigenvalue weighted by Crippen LogP contribution is -2.39. The summed E-state index contributed by atoms with van der Waals surface area (Å²) in [5.41, 5.74) is 0.737. The maximum absolute atomic E-state index is 13.5. The van der Waals surface area contributed by atoms with E-state index in [1.165, 1.54) is 0 Å². The van der Waals surface area contributed by atoms with Crippen molar-refractivity contribution in [2.45, 2.75) is 63.9 Å². The molecule has 0 aliphatic carbocycles. The number of piperidine rings is 1. The number of carbonyl (C=O) groups is 1. The SMILES string of the molecule is CC(C)(O)CC(=O)N1CCc2cc(Nc3ncc(C(F)(F)F)c(N[C@H]4CCCNC4)n3)ccc2C1. The van der Waals surface area contributed by atoms with Crippen molar-refractivity contribution < 1.29 is 23.1 Å². The minimum Gasteiger partial charge on any atom is -0.390 e. The summed E-state index contributed by atoms with van der Waals surface area (Å²) in [4.78, 5) is 22.2. The number of carbonyl (C=O) groups excluding carboxylic acids is 1. The molecule has 2 aliphatic heterocycles. The molecule has 4 N–H and O–H groups in total. The van der Waals surface area contributed by atoms with Crippen LogP contribution in [0.2, 0.25) is 0 Å². The molecule has 1 fully saturated rings. The summed E-state index contributed by atoms with van der Waals surface area (Å²) < 4.78 is 40.6. The highest BCUT2D eigenvalue weighted by atomic mass is 19.4. The van der Waals surface area contributed by atoms with Gasteiger partial charge >= 0.3 is 6.18 Å². The number of aliphatic hydroxyl groups is 1. The van der Waals surface area contributed by atoms with Crippen molar-refractivity contribution in [3.63, 3.8) is 0 Å². The van der Waals surface area contributed by atoms with Crippen LogP contribution in [0.1, 0.15) is 49.8 Å². The average molecular weight is 493 g/mol. The lowest BCUT2D eigenvalue weighted by atomic mass is 9.97. The van der Waals surface area contributed by atoms with Crippen LogP contribution in [0.3, 0.4) is 0 Å². The van der Waals surface area contributed by atoms with E-state index >= 15 is 0 Å². The second-order valence-electron chi connectivity index (χ2n) is 9.80. The molecule has 2 aliphatic rings. The van der Waals surface area contributed by atoms with E-state index in [1.54, 1.807) is 24.8 Å². The first-order valence-electron chi connectivity index (χ1n) is 11.8. The molecule has 4 rings (SSSR count). The first kappa shape index (κ1) is 25.2. The molecule has 2 aromatic rings. The number of benzene rings is 1. The van der Waals surface area contributed by atoms with Crippen molar-refractivity contribution in [3.8, 4) is 0 Å². The Morgan fingerprint density at radius 2 is 2.09 bits per heavy atom. The van der Waals surface area contributed by atoms with Crippen LogP contribution in [0, 0.1) is 0 Å². The van der Waals surface area contributed by atoms with Gasteiger partial charge in [-0.25, -0.2) is 4.98 Å². The van der Waals surface area contributed by atoms with E-state index in [9.17, 15) is 23.1 Å². The third kappa shape index (κ3) is 6.61. The minimum atomic E-state index is -4.57. The normalized spacial score (nSPS) is 18.7. The highest BCUT2D eigenvalue weighted by Gasteiger charge is 2.36. The number of anilines is 3. The van der Waals surface area contributed by atoms with E-state index in [0.29, 0.717) is 31.7 Å². The standard InChI is InChI=1S/C24H31F3N6O2/c1-23(2,35)11-20(34)33-9-7-15-10-17(6-5-16(15)14-33)31-22-29-13-19(24(25,26)27)21(32-22)30-18-4-3-8-28-12-18/h5-6,10,13,18,28,35H,3-4,7-9,11-12,14H2,1-2H3,(H2,29,30,31,32)/t18-/m0/s1. The zero-order chi connectivity index (χ0) is 25.2. The number of amides is 1. The van der Waals surface area contributed by atoms with E-state index in [4.69, 9.17) is 0 Å². The van der Waals surface area contributed by atoms with Crippen molar-refractivity contribution >= 4 is 23.4 Å². The van der Waals surface area contributed by atoms with Gasteiger partial charge in [-0.3, -0.25) is 4.79 Å². The summed E-state index contributed by atoms with van der Waals surface area (Å²) in [6.07, 6.45) is -1.43. The highest BCUT2D eigenvalue weighted by Crippen LogP contribution is 2.35. The fraction of sp³-hybridized carbons (Fsp3) is 0.542. The van der Waals surface area contributed by atoms with E-state index < -0.39 is 17.3 Å². The van der Waals surface area contributed by atoms with E-state index in [0.717, 1.165) is 36.7 Å². The molecule has 1 aromatic carbocycles. The number of halogens is 3. The van der Waals surface area contributed by atoms with Gasteiger partial charge in [-0.05, 0) is 62.9 Å². The summed E-state index contributed by atoms with van der Waals surface area (Å²) in [6.45, 7) is 5.62. The fourth-order valence-electron chi connectivity index (χ4n) is 4.38. The van der Waals surface area contributed by atoms with Gasteiger partial charge < -0.3 is 26.0 Å². The molecule has 35 heavy (non-hydrogen) atoms. The lowest BCUT2D eigenvalue weighted by Gasteiger charge is -2.31. The summed E-state index contributed by atoms with van der Waals surface area (Å²) >= 11 is 0. The van der Waals surface area contributed by atoms with Crippen molar-refractivity contribution in [2.75, 3.05) is 30.3 Å². The summed E-state index contributed by atoms with van der Waals surface area (Å²) in [6, 6.07) is 5.45. The molecule has 0 unspecified atom stereocenters. The molecular weight excluding hydrogens is 461 g/mol. The maximum atomic E-state index is 13.5. The molecule has 3 heterocycles. The summed E-state index contributed by atoms with van der Waals surface area (Å²) in [5, 5.41) is 19.1. The number of hydrogen-bond donors (Lipinski definition) is 4. The molecular formula is C24H31F3N6O2. The number of hydrogen-bond acceptors (Lipinski definition) is 7. The zero-order valence-corrected chi connectivity index (χ0v) is 19.9. The Bertz CT molecular complexity index is 1060. The molecule has 1 aromatic heterocycles. The number of nitrogens with zero attached hydrogens (tertiary/aromatic N) is 3. The van der Waals surface area contributed by atoms with Gasteiger partial charge in [0, 0.05) is 37.6 Å². The summed E-state index contributed by atoms with van der Waals surface area (Å²) in [5.74, 6) is -0.263. The van der Waals surface area contributed by atoms with Gasteiger partial charge in [-0.2, -0.15) is 18.2 Å². The average Bonchev–Trinajstić information content (AvgIpc) is 2.77. The van der Waals surface area contributed by atoms with Crippen molar-refractivity contribution in [3.05, 3.63) is 41.1 Å². The summed E-state index contributed by atoms with van der Waals surface area (Å²) in [7, 11) is 0. The number of nitrogens with one attached hydrogen (secondary N) is 3. The maximum Gasteiger partial charge on any atom is 0.421 e. The fourth-order valence-corrected chi connectivity index (χ4v) is 4.38. The van der Waals surface area contributed by atoms with Crippen molar-refractivity contribution in [1.82, 2.24) is 20.2 Å². The first-order valence-corrected chi connectivity index (χ1v) is 11.8. The Morgan fingerprint density at radius 1 is 1.29 bits per heavy atom. The quantitative estimate of drug-likeness (QED) is 0.490. The Hall–Kier alpha value is -2.92. The molecule has 0 radical (unpaired) electrons. The molecule has 11 heteroatoms. The molecule has 8 nitrogen and oxygen atoms in total. The van der Waals surface area contributed by atoms with Crippen LogP contribution in [0.15, 0.2) is 24.4 Å². The van der Waals surface area contributed by atoms with Crippen LogP contribution >= 0.6 is 0 Å². The number of rotatable bonds is 6. The largest absolute Gasteiger partial charge is 0.421 e. The number of fused-ring (bicyclic) bond motifs is 1.